The lowest BCUT2D eigenvalue weighted by Gasteiger charge is -2.11. The summed E-state index contributed by atoms with van der Waals surface area (Å²) >= 11 is 0. The first-order chi connectivity index (χ1) is 16.6. The fraction of sp³-hybridized carbons (Fsp3) is 0.200. The van der Waals surface area contributed by atoms with Gasteiger partial charge in [-0.2, -0.15) is 0 Å². The molecule has 0 atom stereocenters. The number of nitrogens with one attached hydrogen (secondary N) is 2. The van der Waals surface area contributed by atoms with Gasteiger partial charge in [0, 0.05) is 29.9 Å². The van der Waals surface area contributed by atoms with Gasteiger partial charge in [0.2, 0.25) is 0 Å². The van der Waals surface area contributed by atoms with Crippen LogP contribution in [0.15, 0.2) is 65.3 Å². The number of carbonyl (C=O) groups is 2. The summed E-state index contributed by atoms with van der Waals surface area (Å²) in [5, 5.41) is 14.0. The van der Waals surface area contributed by atoms with E-state index in [4.69, 9.17) is 4.42 Å². The van der Waals surface area contributed by atoms with Crippen molar-refractivity contribution in [1.82, 2.24) is 14.8 Å². The number of nitrogens with zero attached hydrogens (tertiary/aromatic N) is 3. The number of benzene rings is 2. The SMILES string of the molecule is O=C(Nc1ccc(F)c(-c2nnc3n2CCCCC3)c1)c1ccc(NC(=O)c2ccco2)cc1. The van der Waals surface area contributed by atoms with Crippen LogP contribution < -0.4 is 10.6 Å². The molecule has 2 aromatic carbocycles. The summed E-state index contributed by atoms with van der Waals surface area (Å²) in [4.78, 5) is 24.8. The number of hydrogen-bond acceptors (Lipinski definition) is 5. The molecule has 2 aromatic heterocycles. The second-order valence-electron chi connectivity index (χ2n) is 8.06. The van der Waals surface area contributed by atoms with Gasteiger partial charge in [0.05, 0.1) is 11.8 Å². The highest BCUT2D eigenvalue weighted by atomic mass is 19.1. The predicted octanol–water partition coefficient (Wildman–Crippen LogP) is 4.91. The highest BCUT2D eigenvalue weighted by Gasteiger charge is 2.19. The molecule has 8 nitrogen and oxygen atoms in total. The van der Waals surface area contributed by atoms with Gasteiger partial charge >= 0.3 is 0 Å². The van der Waals surface area contributed by atoms with Crippen LogP contribution in [0, 0.1) is 5.82 Å². The van der Waals surface area contributed by atoms with Gasteiger partial charge in [0.15, 0.2) is 11.6 Å². The van der Waals surface area contributed by atoms with E-state index in [0.29, 0.717) is 28.3 Å². The van der Waals surface area contributed by atoms with E-state index in [-0.39, 0.29) is 17.6 Å². The zero-order valence-corrected chi connectivity index (χ0v) is 18.3. The Morgan fingerprint density at radius 1 is 0.912 bits per heavy atom. The van der Waals surface area contributed by atoms with Crippen LogP contribution in [0.5, 0.6) is 0 Å². The number of furan rings is 1. The molecule has 0 radical (unpaired) electrons. The fourth-order valence-corrected chi connectivity index (χ4v) is 3.97. The van der Waals surface area contributed by atoms with Crippen molar-refractivity contribution < 1.29 is 18.4 Å². The summed E-state index contributed by atoms with van der Waals surface area (Å²) in [6.07, 6.45) is 5.38. The van der Waals surface area contributed by atoms with Crippen molar-refractivity contribution in [3.63, 3.8) is 0 Å². The molecule has 1 aliphatic heterocycles. The molecule has 172 valence electrons. The molecule has 2 amide bonds. The maximum absolute atomic E-state index is 14.7. The first kappa shape index (κ1) is 21.6. The maximum Gasteiger partial charge on any atom is 0.291 e. The minimum atomic E-state index is -0.422. The van der Waals surface area contributed by atoms with Gasteiger partial charge in [-0.3, -0.25) is 9.59 Å². The van der Waals surface area contributed by atoms with Crippen molar-refractivity contribution in [3.05, 3.63) is 83.8 Å². The third-order valence-corrected chi connectivity index (χ3v) is 5.72. The van der Waals surface area contributed by atoms with E-state index in [1.54, 1.807) is 42.5 Å². The highest BCUT2D eigenvalue weighted by molar-refractivity contribution is 6.05. The Balaban J connectivity index is 1.31. The van der Waals surface area contributed by atoms with Crippen LogP contribution in [0.3, 0.4) is 0 Å². The summed E-state index contributed by atoms with van der Waals surface area (Å²) < 4.78 is 21.7. The monoisotopic (exact) mass is 459 g/mol. The molecule has 0 fully saturated rings. The number of aromatic nitrogens is 3. The van der Waals surface area contributed by atoms with Gasteiger partial charge in [-0.15, -0.1) is 10.2 Å². The van der Waals surface area contributed by atoms with Crippen molar-refractivity contribution in [2.24, 2.45) is 0 Å². The Labute approximate surface area is 194 Å². The number of rotatable bonds is 5. The molecule has 5 rings (SSSR count). The van der Waals surface area contributed by atoms with E-state index in [1.165, 1.54) is 18.4 Å². The fourth-order valence-electron chi connectivity index (χ4n) is 3.97. The molecular weight excluding hydrogens is 437 g/mol. The molecule has 0 saturated heterocycles. The van der Waals surface area contributed by atoms with E-state index in [0.717, 1.165) is 38.1 Å². The molecule has 0 bridgehead atoms. The smallest absolute Gasteiger partial charge is 0.291 e. The van der Waals surface area contributed by atoms with Crippen LogP contribution in [0.25, 0.3) is 11.4 Å². The van der Waals surface area contributed by atoms with E-state index in [1.807, 2.05) is 4.57 Å². The lowest BCUT2D eigenvalue weighted by Crippen LogP contribution is -2.13. The average molecular weight is 459 g/mol. The molecular formula is C25H22FN5O3. The first-order valence-electron chi connectivity index (χ1n) is 11.1. The maximum atomic E-state index is 14.7. The number of halogens is 1. The van der Waals surface area contributed by atoms with Gasteiger partial charge in [-0.05, 0) is 67.4 Å². The van der Waals surface area contributed by atoms with E-state index >= 15 is 0 Å². The normalized spacial score (nSPS) is 13.1. The topological polar surface area (TPSA) is 102 Å². The lowest BCUT2D eigenvalue weighted by atomic mass is 10.1. The zero-order chi connectivity index (χ0) is 23.5. The number of amides is 2. The van der Waals surface area contributed by atoms with Gasteiger partial charge in [-0.1, -0.05) is 6.42 Å². The molecule has 0 saturated carbocycles. The van der Waals surface area contributed by atoms with Crippen LogP contribution in [-0.4, -0.2) is 26.6 Å². The Morgan fingerprint density at radius 3 is 2.50 bits per heavy atom. The molecule has 1 aliphatic rings. The zero-order valence-electron chi connectivity index (χ0n) is 18.3. The molecule has 0 spiro atoms. The Kier molecular flexibility index (Phi) is 5.90. The molecule has 9 heteroatoms. The van der Waals surface area contributed by atoms with Crippen molar-refractivity contribution in [1.29, 1.82) is 0 Å². The van der Waals surface area contributed by atoms with Gasteiger partial charge in [0.25, 0.3) is 11.8 Å². The molecule has 2 N–H and O–H groups in total. The number of carbonyl (C=O) groups excluding carboxylic acids is 2. The molecule has 0 aliphatic carbocycles. The molecule has 0 unspecified atom stereocenters. The van der Waals surface area contributed by atoms with Crippen LogP contribution in [0.2, 0.25) is 0 Å². The van der Waals surface area contributed by atoms with Gasteiger partial charge < -0.3 is 19.6 Å². The third-order valence-electron chi connectivity index (χ3n) is 5.72. The third kappa shape index (κ3) is 4.45. The predicted molar refractivity (Wildman–Crippen MR) is 124 cm³/mol. The van der Waals surface area contributed by atoms with Crippen LogP contribution in [-0.2, 0) is 13.0 Å². The number of fused-ring (bicyclic) bond motifs is 1. The quantitative estimate of drug-likeness (QED) is 0.442. The van der Waals surface area contributed by atoms with Crippen molar-refractivity contribution in [3.8, 4) is 11.4 Å². The number of hydrogen-bond donors (Lipinski definition) is 2. The Hall–Kier alpha value is -4.27. The summed E-state index contributed by atoms with van der Waals surface area (Å²) in [5.74, 6) is 0.365. The number of aryl methyl sites for hydroxylation is 1. The largest absolute Gasteiger partial charge is 0.459 e. The Morgan fingerprint density at radius 2 is 1.71 bits per heavy atom. The molecule has 34 heavy (non-hydrogen) atoms. The van der Waals surface area contributed by atoms with Crippen molar-refractivity contribution in [2.45, 2.75) is 32.2 Å². The van der Waals surface area contributed by atoms with Crippen molar-refractivity contribution >= 4 is 23.2 Å². The average Bonchev–Trinajstić information content (AvgIpc) is 3.46. The van der Waals surface area contributed by atoms with Gasteiger partial charge in [0.1, 0.15) is 11.6 Å². The van der Waals surface area contributed by atoms with E-state index in [9.17, 15) is 14.0 Å². The standard InChI is InChI=1S/C25H22FN5O3/c26-20-12-11-18(15-19(20)23-30-29-22-6-2-1-3-13-31(22)23)28-24(32)16-7-9-17(10-8-16)27-25(33)21-5-4-14-34-21/h4-5,7-12,14-15H,1-3,6,13H2,(H,27,33)(H,28,32). The van der Waals surface area contributed by atoms with E-state index in [2.05, 4.69) is 20.8 Å². The first-order valence-corrected chi connectivity index (χ1v) is 11.1. The lowest BCUT2D eigenvalue weighted by molar-refractivity contribution is 0.0995. The summed E-state index contributed by atoms with van der Waals surface area (Å²) in [5.41, 5.74) is 1.66. The van der Waals surface area contributed by atoms with Crippen molar-refractivity contribution in [2.75, 3.05) is 10.6 Å². The second kappa shape index (κ2) is 9.30. The summed E-state index contributed by atoms with van der Waals surface area (Å²) in [6.45, 7) is 0.747. The minimum absolute atomic E-state index is 0.193. The number of anilines is 2. The Bertz CT molecular complexity index is 1330. The van der Waals surface area contributed by atoms with E-state index < -0.39 is 5.82 Å². The highest BCUT2D eigenvalue weighted by Crippen LogP contribution is 2.28. The van der Waals surface area contributed by atoms with Crippen LogP contribution in [0.1, 0.15) is 46.0 Å². The molecule has 4 aromatic rings. The van der Waals surface area contributed by atoms with Crippen LogP contribution in [0.4, 0.5) is 15.8 Å². The second-order valence-corrected chi connectivity index (χ2v) is 8.06. The van der Waals surface area contributed by atoms with Crippen LogP contribution >= 0.6 is 0 Å². The molecule has 3 heterocycles. The summed E-state index contributed by atoms with van der Waals surface area (Å²) in [7, 11) is 0. The van der Waals surface area contributed by atoms with Gasteiger partial charge in [-0.25, -0.2) is 4.39 Å². The summed E-state index contributed by atoms with van der Waals surface area (Å²) in [6, 6.07) is 14.0. The minimum Gasteiger partial charge on any atom is -0.459 e.